The number of halogens is 2. The number of para-hydroxylation sites is 1. The van der Waals surface area contributed by atoms with Crippen molar-refractivity contribution in [2.75, 3.05) is 5.32 Å². The molecule has 5 aromatic rings. The first kappa shape index (κ1) is 18.8. The van der Waals surface area contributed by atoms with E-state index in [1.165, 1.54) is 23.0 Å². The van der Waals surface area contributed by atoms with Crippen LogP contribution < -0.4 is 10.9 Å². The molecule has 0 aliphatic rings. The molecule has 0 fully saturated rings. The van der Waals surface area contributed by atoms with Gasteiger partial charge in [-0.15, -0.1) is 0 Å². The summed E-state index contributed by atoms with van der Waals surface area (Å²) in [7, 11) is 0. The zero-order valence-corrected chi connectivity index (χ0v) is 16.2. The monoisotopic (exact) mass is 419 g/mol. The Balaban J connectivity index is 1.71. The van der Waals surface area contributed by atoms with Crippen molar-refractivity contribution in [1.29, 1.82) is 0 Å². The fourth-order valence-electron chi connectivity index (χ4n) is 3.50. The van der Waals surface area contributed by atoms with Gasteiger partial charge in [0.25, 0.3) is 5.56 Å². The minimum Gasteiger partial charge on any atom is -0.358 e. The number of fused-ring (bicyclic) bond motifs is 2. The zero-order valence-electron chi connectivity index (χ0n) is 16.2. The van der Waals surface area contributed by atoms with Gasteiger partial charge in [0.15, 0.2) is 11.5 Å². The number of anilines is 1. The maximum atomic E-state index is 14.5. The molecule has 154 valence electrons. The largest absolute Gasteiger partial charge is 0.358 e. The number of aromatic nitrogens is 6. The number of hydrogen-bond donors (Lipinski definition) is 2. The van der Waals surface area contributed by atoms with Crippen LogP contribution >= 0.6 is 0 Å². The average Bonchev–Trinajstić information content (AvgIpc) is 3.22. The van der Waals surface area contributed by atoms with Crippen LogP contribution in [-0.4, -0.2) is 29.5 Å². The summed E-state index contributed by atoms with van der Waals surface area (Å²) in [6.07, 6.45) is 0.439. The molecule has 0 aliphatic carbocycles. The second-order valence-electron chi connectivity index (χ2n) is 6.89. The first-order chi connectivity index (χ1) is 15.0. The maximum absolute atomic E-state index is 14.5. The third kappa shape index (κ3) is 3.18. The molecule has 0 saturated heterocycles. The van der Waals surface area contributed by atoms with Gasteiger partial charge in [-0.25, -0.2) is 14.4 Å². The topological polar surface area (TPSA) is 101 Å². The molecule has 31 heavy (non-hydrogen) atoms. The van der Waals surface area contributed by atoms with Crippen molar-refractivity contribution in [2.24, 2.45) is 0 Å². The summed E-state index contributed by atoms with van der Waals surface area (Å²) in [6, 6.07) is 12.5. The van der Waals surface area contributed by atoms with Crippen LogP contribution in [0.2, 0.25) is 0 Å². The molecule has 2 aromatic carbocycles. The first-order valence-corrected chi connectivity index (χ1v) is 9.42. The summed E-state index contributed by atoms with van der Waals surface area (Å²) in [5, 5.41) is 2.96. The van der Waals surface area contributed by atoms with E-state index in [1.807, 2.05) is 6.07 Å². The van der Waals surface area contributed by atoms with E-state index < -0.39 is 23.5 Å². The lowest BCUT2D eigenvalue weighted by Crippen LogP contribution is -2.28. The molecule has 10 heteroatoms. The van der Waals surface area contributed by atoms with Crippen LogP contribution in [0.3, 0.4) is 0 Å². The Morgan fingerprint density at radius 2 is 1.84 bits per heavy atom. The van der Waals surface area contributed by atoms with Crippen molar-refractivity contribution < 1.29 is 8.78 Å². The highest BCUT2D eigenvalue weighted by Gasteiger charge is 2.21. The molecule has 0 aliphatic heterocycles. The lowest BCUT2D eigenvalue weighted by molar-refractivity contribution is 0.544. The van der Waals surface area contributed by atoms with Gasteiger partial charge in [-0.3, -0.25) is 9.36 Å². The second kappa shape index (κ2) is 7.24. The van der Waals surface area contributed by atoms with Gasteiger partial charge < -0.3 is 10.3 Å². The molecule has 0 amide bonds. The van der Waals surface area contributed by atoms with Gasteiger partial charge in [-0.05, 0) is 31.2 Å². The molecular weight excluding hydrogens is 404 g/mol. The SMILES string of the molecule is C[C@H](Nc1nc(F)nc2nc[nH]c12)c1nc2cccc(F)c2c(=O)n1-c1ccccc1. The summed E-state index contributed by atoms with van der Waals surface area (Å²) in [5.41, 5.74) is 0.777. The Hall–Kier alpha value is -4.21. The number of hydrogen-bond acceptors (Lipinski definition) is 6. The van der Waals surface area contributed by atoms with Gasteiger partial charge in [0, 0.05) is 0 Å². The standard InChI is InChI=1S/C21H15F2N7O/c1-11(26-18-16-17(25-10-24-16)28-21(23)29-18)19-27-14-9-5-8-13(22)15(14)20(31)30(19)12-6-3-2-4-7-12/h2-11H,1H3,(H2,24,25,26,28,29)/t11-/m0/s1. The maximum Gasteiger partial charge on any atom is 0.312 e. The molecule has 0 spiro atoms. The van der Waals surface area contributed by atoms with Crippen molar-refractivity contribution in [1.82, 2.24) is 29.5 Å². The number of H-pyrrole nitrogens is 1. The summed E-state index contributed by atoms with van der Waals surface area (Å²) in [5.74, 6) is -0.175. The summed E-state index contributed by atoms with van der Waals surface area (Å²) in [4.78, 5) is 32.1. The van der Waals surface area contributed by atoms with Gasteiger partial charge in [0.1, 0.15) is 22.5 Å². The molecule has 0 saturated carbocycles. The number of nitrogens with one attached hydrogen (secondary N) is 2. The van der Waals surface area contributed by atoms with Crippen LogP contribution in [0.15, 0.2) is 59.7 Å². The summed E-state index contributed by atoms with van der Waals surface area (Å²) >= 11 is 0. The van der Waals surface area contributed by atoms with Crippen LogP contribution in [0.1, 0.15) is 18.8 Å². The highest BCUT2D eigenvalue weighted by molar-refractivity contribution is 5.82. The molecule has 0 unspecified atom stereocenters. The quantitative estimate of drug-likeness (QED) is 0.433. The molecule has 3 heterocycles. The van der Waals surface area contributed by atoms with E-state index in [0.717, 1.165) is 0 Å². The van der Waals surface area contributed by atoms with Gasteiger partial charge in [-0.1, -0.05) is 24.3 Å². The van der Waals surface area contributed by atoms with Crippen LogP contribution in [0, 0.1) is 11.9 Å². The molecular formula is C21H15F2N7O. The lowest BCUT2D eigenvalue weighted by Gasteiger charge is -2.20. The van der Waals surface area contributed by atoms with E-state index >= 15 is 0 Å². The molecule has 2 N–H and O–H groups in total. The Kier molecular flexibility index (Phi) is 4.39. The van der Waals surface area contributed by atoms with Crippen LogP contribution in [0.25, 0.3) is 27.8 Å². The fraction of sp³-hybridized carbons (Fsp3) is 0.0952. The first-order valence-electron chi connectivity index (χ1n) is 9.42. The summed E-state index contributed by atoms with van der Waals surface area (Å²) < 4.78 is 29.7. The smallest absolute Gasteiger partial charge is 0.312 e. The van der Waals surface area contributed by atoms with Crippen molar-refractivity contribution in [2.45, 2.75) is 13.0 Å². The molecule has 3 aromatic heterocycles. The molecule has 8 nitrogen and oxygen atoms in total. The predicted molar refractivity (Wildman–Crippen MR) is 111 cm³/mol. The minimum absolute atomic E-state index is 0.105. The van der Waals surface area contributed by atoms with Gasteiger partial charge in [0.2, 0.25) is 0 Å². The minimum atomic E-state index is -0.941. The Morgan fingerprint density at radius 3 is 2.65 bits per heavy atom. The summed E-state index contributed by atoms with van der Waals surface area (Å²) in [6.45, 7) is 1.74. The molecule has 0 bridgehead atoms. The molecule has 1 atom stereocenters. The van der Waals surface area contributed by atoms with E-state index in [9.17, 15) is 13.6 Å². The number of nitrogens with zero attached hydrogens (tertiary/aromatic N) is 5. The van der Waals surface area contributed by atoms with Gasteiger partial charge in [-0.2, -0.15) is 14.4 Å². The van der Waals surface area contributed by atoms with E-state index in [0.29, 0.717) is 17.0 Å². The number of imidazole rings is 1. The number of aromatic amines is 1. The third-order valence-electron chi connectivity index (χ3n) is 4.89. The van der Waals surface area contributed by atoms with Gasteiger partial charge in [0.05, 0.1) is 23.6 Å². The van der Waals surface area contributed by atoms with Crippen LogP contribution in [0.4, 0.5) is 14.6 Å². The van der Waals surface area contributed by atoms with Crippen LogP contribution in [0.5, 0.6) is 0 Å². The Labute approximate surface area is 173 Å². The Bertz CT molecular complexity index is 1480. The predicted octanol–water partition coefficient (Wildman–Crippen LogP) is 3.50. The highest BCUT2D eigenvalue weighted by atomic mass is 19.1. The van der Waals surface area contributed by atoms with Gasteiger partial charge >= 0.3 is 6.08 Å². The number of rotatable bonds is 4. The molecule has 0 radical (unpaired) electrons. The van der Waals surface area contributed by atoms with E-state index in [1.54, 1.807) is 37.3 Å². The van der Waals surface area contributed by atoms with E-state index in [2.05, 4.69) is 30.2 Å². The average molecular weight is 419 g/mol. The normalized spacial score (nSPS) is 12.4. The lowest BCUT2D eigenvalue weighted by atomic mass is 10.2. The third-order valence-corrected chi connectivity index (χ3v) is 4.89. The number of benzene rings is 2. The van der Waals surface area contributed by atoms with E-state index in [4.69, 9.17) is 0 Å². The van der Waals surface area contributed by atoms with Crippen molar-refractivity contribution in [3.05, 3.63) is 82.9 Å². The Morgan fingerprint density at radius 1 is 1.03 bits per heavy atom. The zero-order chi connectivity index (χ0) is 21.5. The van der Waals surface area contributed by atoms with Crippen molar-refractivity contribution >= 4 is 27.9 Å². The van der Waals surface area contributed by atoms with E-state index in [-0.39, 0.29) is 22.4 Å². The fourth-order valence-corrected chi connectivity index (χ4v) is 3.50. The molecule has 5 rings (SSSR count). The second-order valence-corrected chi connectivity index (χ2v) is 6.89. The van der Waals surface area contributed by atoms with Crippen molar-refractivity contribution in [3.8, 4) is 5.69 Å². The highest BCUT2D eigenvalue weighted by Crippen LogP contribution is 2.24. The van der Waals surface area contributed by atoms with Crippen molar-refractivity contribution in [3.63, 3.8) is 0 Å². The van der Waals surface area contributed by atoms with Crippen LogP contribution in [-0.2, 0) is 0 Å².